The van der Waals surface area contributed by atoms with Crippen molar-refractivity contribution in [3.8, 4) is 0 Å². The van der Waals surface area contributed by atoms with Crippen LogP contribution in [0.4, 0.5) is 0 Å². The fourth-order valence-corrected chi connectivity index (χ4v) is 5.09. The predicted octanol–water partition coefficient (Wildman–Crippen LogP) is 0.490. The molecule has 132 valence electrons. The van der Waals surface area contributed by atoms with Crippen molar-refractivity contribution in [3.05, 3.63) is 0 Å². The first kappa shape index (κ1) is 17.1. The molecule has 7 nitrogen and oxygen atoms in total. The van der Waals surface area contributed by atoms with Gasteiger partial charge in [0, 0.05) is 31.7 Å². The average Bonchev–Trinajstić information content (AvgIpc) is 3.10. The summed E-state index contributed by atoms with van der Waals surface area (Å²) in [5.74, 6) is 0.252. The number of rotatable bonds is 8. The molecule has 1 heterocycles. The van der Waals surface area contributed by atoms with Crippen molar-refractivity contribution in [1.82, 2.24) is 13.9 Å². The Hall–Kier alpha value is -0.700. The van der Waals surface area contributed by atoms with Crippen LogP contribution in [-0.4, -0.2) is 67.0 Å². The highest BCUT2D eigenvalue weighted by Crippen LogP contribution is 2.34. The fourth-order valence-electron chi connectivity index (χ4n) is 3.53. The summed E-state index contributed by atoms with van der Waals surface area (Å²) < 4.78 is 29.0. The molecule has 0 aromatic carbocycles. The van der Waals surface area contributed by atoms with Crippen molar-refractivity contribution in [2.24, 2.45) is 11.8 Å². The van der Waals surface area contributed by atoms with E-state index >= 15 is 0 Å². The van der Waals surface area contributed by atoms with Crippen LogP contribution in [0.25, 0.3) is 0 Å². The molecule has 0 bridgehead atoms. The minimum Gasteiger partial charge on any atom is -0.480 e. The lowest BCUT2D eigenvalue weighted by molar-refractivity contribution is -0.139. The maximum Gasteiger partial charge on any atom is 0.317 e. The summed E-state index contributed by atoms with van der Waals surface area (Å²) >= 11 is 0. The van der Waals surface area contributed by atoms with Gasteiger partial charge in [-0.3, -0.25) is 9.69 Å². The number of carboxylic acids is 1. The first-order valence-electron chi connectivity index (χ1n) is 8.56. The van der Waals surface area contributed by atoms with Crippen LogP contribution in [0.2, 0.25) is 0 Å². The number of nitrogens with one attached hydrogen (secondary N) is 1. The summed E-state index contributed by atoms with van der Waals surface area (Å²) in [7, 11) is -3.39. The van der Waals surface area contributed by atoms with Crippen molar-refractivity contribution < 1.29 is 18.3 Å². The van der Waals surface area contributed by atoms with Gasteiger partial charge in [-0.25, -0.2) is 0 Å². The summed E-state index contributed by atoms with van der Waals surface area (Å²) in [4.78, 5) is 13.0. The van der Waals surface area contributed by atoms with E-state index in [2.05, 4.69) is 11.6 Å². The van der Waals surface area contributed by atoms with Gasteiger partial charge in [-0.05, 0) is 43.9 Å². The third kappa shape index (κ3) is 4.43. The van der Waals surface area contributed by atoms with Crippen LogP contribution in [0.1, 0.15) is 39.0 Å². The van der Waals surface area contributed by atoms with Gasteiger partial charge in [0.2, 0.25) is 0 Å². The molecular formula is C15H27N3O4S. The Kier molecular flexibility index (Phi) is 4.96. The number of hydrogen-bond donors (Lipinski definition) is 2. The highest BCUT2D eigenvalue weighted by atomic mass is 32.2. The standard InChI is InChI=1S/C15H27N3O4S/c1-11-4-5-18(8-11)23(21,22)16-13-6-14(7-13)17(10-15(19)20)9-12-2-3-12/h11-14,16H,2-10H2,1H3,(H,19,20). The monoisotopic (exact) mass is 345 g/mol. The molecule has 1 aliphatic heterocycles. The van der Waals surface area contributed by atoms with Gasteiger partial charge in [0.05, 0.1) is 6.54 Å². The minimum absolute atomic E-state index is 0.0589. The van der Waals surface area contributed by atoms with E-state index in [9.17, 15) is 13.2 Å². The van der Waals surface area contributed by atoms with Crippen molar-refractivity contribution in [3.63, 3.8) is 0 Å². The molecular weight excluding hydrogens is 318 g/mol. The first-order chi connectivity index (χ1) is 10.8. The smallest absolute Gasteiger partial charge is 0.317 e. The lowest BCUT2D eigenvalue weighted by Gasteiger charge is -2.43. The van der Waals surface area contributed by atoms with E-state index in [0.717, 1.165) is 13.0 Å². The Bertz CT molecular complexity index is 543. The average molecular weight is 345 g/mol. The molecule has 0 radical (unpaired) electrons. The van der Waals surface area contributed by atoms with E-state index in [4.69, 9.17) is 5.11 Å². The predicted molar refractivity (Wildman–Crippen MR) is 86.2 cm³/mol. The van der Waals surface area contributed by atoms with Gasteiger partial charge >= 0.3 is 5.97 Å². The van der Waals surface area contributed by atoms with E-state index in [0.29, 0.717) is 37.8 Å². The Balaban J connectivity index is 1.48. The SMILES string of the molecule is CC1CCN(S(=O)(=O)NC2CC(N(CC(=O)O)CC3CC3)C2)C1. The van der Waals surface area contributed by atoms with Gasteiger partial charge < -0.3 is 5.11 Å². The number of carboxylic acid groups (broad SMARTS) is 1. The zero-order valence-electron chi connectivity index (χ0n) is 13.6. The van der Waals surface area contributed by atoms with Gasteiger partial charge in [0.15, 0.2) is 0 Å². The highest BCUT2D eigenvalue weighted by molar-refractivity contribution is 7.87. The van der Waals surface area contributed by atoms with Gasteiger partial charge in [-0.15, -0.1) is 0 Å². The van der Waals surface area contributed by atoms with E-state index in [1.807, 2.05) is 4.90 Å². The molecule has 1 unspecified atom stereocenters. The molecule has 1 saturated heterocycles. The second-order valence-electron chi connectivity index (χ2n) is 7.46. The zero-order valence-corrected chi connectivity index (χ0v) is 14.5. The van der Waals surface area contributed by atoms with E-state index in [-0.39, 0.29) is 18.6 Å². The Morgan fingerprint density at radius 3 is 2.52 bits per heavy atom. The van der Waals surface area contributed by atoms with Crippen molar-refractivity contribution in [1.29, 1.82) is 0 Å². The van der Waals surface area contributed by atoms with Crippen LogP contribution in [0.3, 0.4) is 0 Å². The third-order valence-electron chi connectivity index (χ3n) is 5.20. The van der Waals surface area contributed by atoms with Crippen LogP contribution in [-0.2, 0) is 15.0 Å². The summed E-state index contributed by atoms with van der Waals surface area (Å²) in [6, 6.07) is 0.133. The molecule has 2 aliphatic carbocycles. The molecule has 23 heavy (non-hydrogen) atoms. The van der Waals surface area contributed by atoms with Gasteiger partial charge in [-0.2, -0.15) is 17.4 Å². The van der Waals surface area contributed by atoms with Gasteiger partial charge in [0.25, 0.3) is 10.2 Å². The third-order valence-corrected chi connectivity index (χ3v) is 6.84. The van der Waals surface area contributed by atoms with E-state index in [1.54, 1.807) is 0 Å². The molecule has 2 N–H and O–H groups in total. The molecule has 3 aliphatic rings. The molecule has 1 atom stereocenters. The Morgan fingerprint density at radius 1 is 1.30 bits per heavy atom. The number of nitrogens with zero attached hydrogens (tertiary/aromatic N) is 2. The number of hydrogen-bond acceptors (Lipinski definition) is 4. The van der Waals surface area contributed by atoms with Crippen LogP contribution in [0.15, 0.2) is 0 Å². The lowest BCUT2D eigenvalue weighted by Crippen LogP contribution is -2.57. The molecule has 8 heteroatoms. The van der Waals surface area contributed by atoms with Crippen LogP contribution < -0.4 is 4.72 Å². The topological polar surface area (TPSA) is 90.0 Å². The maximum atomic E-state index is 12.3. The molecule has 0 aromatic rings. The minimum atomic E-state index is -3.39. The molecule has 3 fully saturated rings. The molecule has 2 saturated carbocycles. The van der Waals surface area contributed by atoms with Gasteiger partial charge in [0.1, 0.15) is 0 Å². The summed E-state index contributed by atoms with van der Waals surface area (Å²) in [6.45, 7) is 4.15. The van der Waals surface area contributed by atoms with Crippen molar-refractivity contribution >= 4 is 16.2 Å². The summed E-state index contributed by atoms with van der Waals surface area (Å²) in [6.07, 6.45) is 4.71. The fraction of sp³-hybridized carbons (Fsp3) is 0.933. The van der Waals surface area contributed by atoms with E-state index < -0.39 is 16.2 Å². The first-order valence-corrected chi connectivity index (χ1v) is 10.0. The molecule has 3 rings (SSSR count). The van der Waals surface area contributed by atoms with E-state index in [1.165, 1.54) is 17.1 Å². The maximum absolute atomic E-state index is 12.3. The number of carbonyl (C=O) groups is 1. The molecule has 0 amide bonds. The Morgan fingerprint density at radius 2 is 2.00 bits per heavy atom. The quantitative estimate of drug-likeness (QED) is 0.668. The molecule has 0 aromatic heterocycles. The van der Waals surface area contributed by atoms with Crippen LogP contribution in [0.5, 0.6) is 0 Å². The highest BCUT2D eigenvalue weighted by Gasteiger charge is 2.40. The van der Waals surface area contributed by atoms with Crippen molar-refractivity contribution in [2.45, 2.75) is 51.1 Å². The summed E-state index contributed by atoms with van der Waals surface area (Å²) in [5.41, 5.74) is 0. The zero-order chi connectivity index (χ0) is 16.6. The molecule has 0 spiro atoms. The van der Waals surface area contributed by atoms with Gasteiger partial charge in [-0.1, -0.05) is 6.92 Å². The van der Waals surface area contributed by atoms with Crippen LogP contribution >= 0.6 is 0 Å². The summed E-state index contributed by atoms with van der Waals surface area (Å²) in [5, 5.41) is 9.05. The largest absolute Gasteiger partial charge is 0.480 e. The second kappa shape index (κ2) is 6.66. The Labute approximate surface area is 138 Å². The van der Waals surface area contributed by atoms with Crippen LogP contribution in [0, 0.1) is 11.8 Å². The normalized spacial score (nSPS) is 32.2. The second-order valence-corrected chi connectivity index (χ2v) is 9.17. The lowest BCUT2D eigenvalue weighted by atomic mass is 9.86. The number of aliphatic carboxylic acids is 1. The van der Waals surface area contributed by atoms with Crippen molar-refractivity contribution in [2.75, 3.05) is 26.2 Å².